The fourth-order valence-corrected chi connectivity index (χ4v) is 4.17. The lowest BCUT2D eigenvalue weighted by Crippen LogP contribution is -2.37. The van der Waals surface area contributed by atoms with E-state index in [1.54, 1.807) is 12.1 Å². The molecule has 0 aliphatic rings. The Balaban J connectivity index is 1.41. The minimum absolute atomic E-state index is 0.0447. The molecule has 7 nitrogen and oxygen atoms in total. The van der Waals surface area contributed by atoms with Crippen molar-refractivity contribution in [3.8, 4) is 0 Å². The fraction of sp³-hybridized carbons (Fsp3) is 0.344. The number of carbonyl (C=O) groups excluding carboxylic acids is 3. The van der Waals surface area contributed by atoms with Crippen LogP contribution in [0.2, 0.25) is 0 Å². The van der Waals surface area contributed by atoms with Crippen LogP contribution in [0.4, 0.5) is 0 Å². The number of ether oxygens (including phenoxy) is 1. The molecule has 0 saturated heterocycles. The Morgan fingerprint density at radius 2 is 1.44 bits per heavy atom. The zero-order valence-corrected chi connectivity index (χ0v) is 22.6. The van der Waals surface area contributed by atoms with Gasteiger partial charge in [-0.3, -0.25) is 14.4 Å². The molecular weight excluding hydrogens is 490 g/mol. The van der Waals surface area contributed by atoms with Crippen LogP contribution in [0.1, 0.15) is 53.2 Å². The van der Waals surface area contributed by atoms with E-state index in [-0.39, 0.29) is 36.5 Å². The number of hydrogen-bond acceptors (Lipinski definition) is 5. The Kier molecular flexibility index (Phi) is 12.4. The summed E-state index contributed by atoms with van der Waals surface area (Å²) in [6, 6.07) is 26.9. The lowest BCUT2D eigenvalue weighted by Gasteiger charge is -2.18. The third kappa shape index (κ3) is 10.8. The van der Waals surface area contributed by atoms with Gasteiger partial charge >= 0.3 is 0 Å². The van der Waals surface area contributed by atoms with Crippen molar-refractivity contribution in [2.75, 3.05) is 13.1 Å². The van der Waals surface area contributed by atoms with Crippen LogP contribution in [0.25, 0.3) is 0 Å². The third-order valence-electron chi connectivity index (χ3n) is 6.56. The molecule has 0 fully saturated rings. The van der Waals surface area contributed by atoms with Gasteiger partial charge < -0.3 is 21.1 Å². The molecular formula is C32H39N3O4. The number of nitrogens with one attached hydrogen (secondary N) is 2. The quantitative estimate of drug-likeness (QED) is 0.258. The number of Topliss-reactive ketones (excluding diaryl/α,β-unsaturated/α-hetero) is 1. The monoisotopic (exact) mass is 529 g/mol. The summed E-state index contributed by atoms with van der Waals surface area (Å²) >= 11 is 0. The normalized spacial score (nSPS) is 12.4. The first kappa shape index (κ1) is 29.7. The summed E-state index contributed by atoms with van der Waals surface area (Å²) in [6.07, 6.45) is 1.55. The first-order chi connectivity index (χ1) is 18.9. The van der Waals surface area contributed by atoms with Gasteiger partial charge in [0.25, 0.3) is 5.91 Å². The summed E-state index contributed by atoms with van der Waals surface area (Å²) in [5, 5.41) is 5.65. The first-order valence-electron chi connectivity index (χ1n) is 13.5. The van der Waals surface area contributed by atoms with E-state index in [9.17, 15) is 14.4 Å². The highest BCUT2D eigenvalue weighted by Gasteiger charge is 2.20. The number of benzene rings is 3. The molecule has 2 atom stereocenters. The fourth-order valence-electron chi connectivity index (χ4n) is 4.17. The van der Waals surface area contributed by atoms with Crippen molar-refractivity contribution in [2.24, 2.45) is 11.7 Å². The third-order valence-corrected chi connectivity index (χ3v) is 6.56. The van der Waals surface area contributed by atoms with Gasteiger partial charge in [-0.1, -0.05) is 79.7 Å². The molecule has 3 rings (SSSR count). The maximum atomic E-state index is 13.0. The number of rotatable bonds is 16. The highest BCUT2D eigenvalue weighted by molar-refractivity contribution is 5.94. The standard InChI is InChI=1S/C32H39N3O4/c1-24(18-19-34-32(38)28-15-12-26(21-33)13-16-28)20-31(37)35-22-29(36)30(17-14-25-8-4-2-5-9-25)39-23-27-10-6-3-7-11-27/h2-13,15-16,24,30H,14,17-23,33H2,1H3,(H,34,38)(H,35,37). The van der Waals surface area contributed by atoms with Crippen molar-refractivity contribution in [3.05, 3.63) is 107 Å². The van der Waals surface area contributed by atoms with Gasteiger partial charge in [-0.2, -0.15) is 0 Å². The second kappa shape index (κ2) is 16.2. The Bertz CT molecular complexity index is 1120. The summed E-state index contributed by atoms with van der Waals surface area (Å²) in [7, 11) is 0. The molecule has 2 amide bonds. The van der Waals surface area contributed by atoms with Crippen LogP contribution in [0.5, 0.6) is 0 Å². The SMILES string of the molecule is CC(CCNC(=O)c1ccc(CN)cc1)CC(=O)NCC(=O)C(CCc1ccccc1)OCc1ccccc1. The van der Waals surface area contributed by atoms with Gasteiger partial charge in [-0.25, -0.2) is 0 Å². The Morgan fingerprint density at radius 1 is 0.795 bits per heavy atom. The maximum absolute atomic E-state index is 13.0. The number of nitrogens with two attached hydrogens (primary N) is 1. The van der Waals surface area contributed by atoms with Crippen molar-refractivity contribution < 1.29 is 19.1 Å². The molecule has 0 saturated carbocycles. The molecule has 206 valence electrons. The van der Waals surface area contributed by atoms with E-state index in [4.69, 9.17) is 10.5 Å². The number of aryl methyl sites for hydroxylation is 1. The summed E-state index contributed by atoms with van der Waals surface area (Å²) in [5.74, 6) is -0.443. The number of ketones is 1. The molecule has 2 unspecified atom stereocenters. The molecule has 3 aromatic rings. The van der Waals surface area contributed by atoms with Gasteiger partial charge in [-0.05, 0) is 54.0 Å². The molecule has 39 heavy (non-hydrogen) atoms. The summed E-state index contributed by atoms with van der Waals surface area (Å²) in [5.41, 5.74) is 9.27. The largest absolute Gasteiger partial charge is 0.366 e. The van der Waals surface area contributed by atoms with Gasteiger partial charge in [0.1, 0.15) is 6.10 Å². The maximum Gasteiger partial charge on any atom is 0.251 e. The van der Waals surface area contributed by atoms with Crippen molar-refractivity contribution >= 4 is 17.6 Å². The highest BCUT2D eigenvalue weighted by atomic mass is 16.5. The van der Waals surface area contributed by atoms with E-state index in [1.165, 1.54) is 0 Å². The minimum Gasteiger partial charge on any atom is -0.366 e. The molecule has 0 heterocycles. The summed E-state index contributed by atoms with van der Waals surface area (Å²) in [4.78, 5) is 37.8. The molecule has 0 radical (unpaired) electrons. The predicted molar refractivity (Wildman–Crippen MR) is 153 cm³/mol. The summed E-state index contributed by atoms with van der Waals surface area (Å²) < 4.78 is 6.00. The van der Waals surface area contributed by atoms with E-state index in [0.29, 0.717) is 44.5 Å². The first-order valence-corrected chi connectivity index (χ1v) is 13.5. The number of carbonyl (C=O) groups is 3. The van der Waals surface area contributed by atoms with Gasteiger partial charge in [0.2, 0.25) is 5.91 Å². The van der Waals surface area contributed by atoms with Gasteiger partial charge in [0.15, 0.2) is 5.78 Å². The van der Waals surface area contributed by atoms with Crippen LogP contribution in [-0.2, 0) is 33.9 Å². The Morgan fingerprint density at radius 3 is 2.08 bits per heavy atom. The Labute approximate surface area is 231 Å². The molecule has 4 N–H and O–H groups in total. The van der Waals surface area contributed by atoms with Crippen molar-refractivity contribution in [1.82, 2.24) is 10.6 Å². The second-order valence-electron chi connectivity index (χ2n) is 9.81. The van der Waals surface area contributed by atoms with Crippen molar-refractivity contribution in [3.63, 3.8) is 0 Å². The van der Waals surface area contributed by atoms with Crippen LogP contribution in [-0.4, -0.2) is 36.8 Å². The van der Waals surface area contributed by atoms with E-state index in [0.717, 1.165) is 16.7 Å². The molecule has 3 aromatic carbocycles. The van der Waals surface area contributed by atoms with Crippen molar-refractivity contribution in [1.29, 1.82) is 0 Å². The van der Waals surface area contributed by atoms with Gasteiger partial charge in [0, 0.05) is 25.1 Å². The predicted octanol–water partition coefficient (Wildman–Crippen LogP) is 4.19. The highest BCUT2D eigenvalue weighted by Crippen LogP contribution is 2.12. The van der Waals surface area contributed by atoms with Crippen LogP contribution >= 0.6 is 0 Å². The van der Waals surface area contributed by atoms with E-state index in [1.807, 2.05) is 79.7 Å². The molecule has 0 spiro atoms. The molecule has 7 heteroatoms. The lowest BCUT2D eigenvalue weighted by molar-refractivity contribution is -0.133. The second-order valence-corrected chi connectivity index (χ2v) is 9.81. The zero-order chi connectivity index (χ0) is 27.9. The number of amides is 2. The average molecular weight is 530 g/mol. The lowest BCUT2D eigenvalue weighted by atomic mass is 10.0. The van der Waals surface area contributed by atoms with E-state index >= 15 is 0 Å². The van der Waals surface area contributed by atoms with E-state index < -0.39 is 6.10 Å². The molecule has 0 aliphatic carbocycles. The Hall–Kier alpha value is -3.81. The molecule has 0 aliphatic heterocycles. The van der Waals surface area contributed by atoms with E-state index in [2.05, 4.69) is 10.6 Å². The molecule has 0 bridgehead atoms. The van der Waals surface area contributed by atoms with Gasteiger partial charge in [0.05, 0.1) is 13.2 Å². The average Bonchev–Trinajstić information content (AvgIpc) is 2.97. The minimum atomic E-state index is -0.614. The van der Waals surface area contributed by atoms with Crippen LogP contribution in [0.15, 0.2) is 84.9 Å². The topological polar surface area (TPSA) is 111 Å². The number of hydrogen-bond donors (Lipinski definition) is 3. The summed E-state index contributed by atoms with van der Waals surface area (Å²) in [6.45, 7) is 3.10. The van der Waals surface area contributed by atoms with Crippen LogP contribution < -0.4 is 16.4 Å². The van der Waals surface area contributed by atoms with Gasteiger partial charge in [-0.15, -0.1) is 0 Å². The molecule has 0 aromatic heterocycles. The van der Waals surface area contributed by atoms with Crippen molar-refractivity contribution in [2.45, 2.75) is 51.9 Å². The smallest absolute Gasteiger partial charge is 0.251 e. The zero-order valence-electron chi connectivity index (χ0n) is 22.6. The van der Waals surface area contributed by atoms with Crippen LogP contribution in [0.3, 0.4) is 0 Å². The van der Waals surface area contributed by atoms with Crippen LogP contribution in [0, 0.1) is 5.92 Å².